The summed E-state index contributed by atoms with van der Waals surface area (Å²) >= 11 is 11.9. The lowest BCUT2D eigenvalue weighted by Crippen LogP contribution is -2.43. The number of ether oxygens (including phenoxy) is 1. The molecule has 1 N–H and O–H groups in total. The van der Waals surface area contributed by atoms with Crippen LogP contribution in [0.15, 0.2) is 53.4 Å². The summed E-state index contributed by atoms with van der Waals surface area (Å²) < 4.78 is 33.9. The second kappa shape index (κ2) is 10.1. The van der Waals surface area contributed by atoms with Crippen molar-refractivity contribution >= 4 is 45.6 Å². The van der Waals surface area contributed by atoms with Gasteiger partial charge in [-0.05, 0) is 23.8 Å². The Balaban J connectivity index is 0.00000261. The van der Waals surface area contributed by atoms with Gasteiger partial charge in [-0.25, -0.2) is 13.1 Å². The molecule has 1 aliphatic rings. The fourth-order valence-corrected chi connectivity index (χ4v) is 4.44. The highest BCUT2D eigenvalue weighted by Gasteiger charge is 2.25. The first-order valence-corrected chi connectivity index (χ1v) is 10.5. The average molecular weight is 452 g/mol. The van der Waals surface area contributed by atoms with Crippen molar-refractivity contribution in [1.82, 2.24) is 9.62 Å². The molecule has 148 valence electrons. The number of rotatable bonds is 6. The predicted octanol–water partition coefficient (Wildman–Crippen LogP) is 3.77. The lowest BCUT2D eigenvalue weighted by atomic mass is 10.1. The number of halogens is 3. The van der Waals surface area contributed by atoms with Gasteiger partial charge in [-0.3, -0.25) is 4.90 Å². The topological polar surface area (TPSA) is 58.6 Å². The van der Waals surface area contributed by atoms with Crippen molar-refractivity contribution in [2.45, 2.75) is 10.9 Å². The van der Waals surface area contributed by atoms with Gasteiger partial charge in [-0.1, -0.05) is 53.5 Å². The Kier molecular flexibility index (Phi) is 8.37. The summed E-state index contributed by atoms with van der Waals surface area (Å²) in [5.41, 5.74) is 0.905. The average Bonchev–Trinajstić information content (AvgIpc) is 2.65. The van der Waals surface area contributed by atoms with Gasteiger partial charge in [0.15, 0.2) is 0 Å². The van der Waals surface area contributed by atoms with Crippen LogP contribution in [0, 0.1) is 0 Å². The highest BCUT2D eigenvalue weighted by molar-refractivity contribution is 7.89. The van der Waals surface area contributed by atoms with E-state index in [4.69, 9.17) is 27.9 Å². The van der Waals surface area contributed by atoms with Crippen LogP contribution in [0.5, 0.6) is 0 Å². The third-order valence-electron chi connectivity index (χ3n) is 4.25. The third-order valence-corrected chi connectivity index (χ3v) is 6.45. The summed E-state index contributed by atoms with van der Waals surface area (Å²) in [6.45, 7) is 3.42. The number of morpholine rings is 1. The molecule has 0 bridgehead atoms. The third kappa shape index (κ3) is 6.06. The normalized spacial score (nSPS) is 16.5. The zero-order chi connectivity index (χ0) is 18.6. The molecule has 2 aromatic carbocycles. The Labute approximate surface area is 176 Å². The maximum absolute atomic E-state index is 12.9. The van der Waals surface area contributed by atoms with Crippen LogP contribution < -0.4 is 4.72 Å². The molecule has 27 heavy (non-hydrogen) atoms. The second-order valence-corrected chi connectivity index (χ2v) is 8.60. The molecular weight excluding hydrogens is 431 g/mol. The summed E-state index contributed by atoms with van der Waals surface area (Å²) in [4.78, 5) is 2.29. The van der Waals surface area contributed by atoms with Crippen LogP contribution in [0.4, 0.5) is 0 Å². The minimum Gasteiger partial charge on any atom is -0.379 e. The van der Waals surface area contributed by atoms with Crippen molar-refractivity contribution in [3.63, 3.8) is 0 Å². The first kappa shape index (κ1) is 22.4. The van der Waals surface area contributed by atoms with Gasteiger partial charge < -0.3 is 4.74 Å². The first-order chi connectivity index (χ1) is 12.5. The molecule has 1 heterocycles. The quantitative estimate of drug-likeness (QED) is 0.726. The van der Waals surface area contributed by atoms with Gasteiger partial charge in [0.2, 0.25) is 10.0 Å². The fraction of sp³-hybridized carbons (Fsp3) is 0.333. The largest absolute Gasteiger partial charge is 0.379 e. The SMILES string of the molecule is Cl.O=S(=O)(NC(CN1CCOCC1)c1ccccc1)c1ccc(Cl)c(Cl)c1. The van der Waals surface area contributed by atoms with Gasteiger partial charge in [0.05, 0.1) is 34.2 Å². The smallest absolute Gasteiger partial charge is 0.241 e. The van der Waals surface area contributed by atoms with Crippen molar-refractivity contribution in [2.75, 3.05) is 32.8 Å². The molecular formula is C18H21Cl3N2O3S. The molecule has 1 fully saturated rings. The van der Waals surface area contributed by atoms with E-state index in [1.54, 1.807) is 0 Å². The van der Waals surface area contributed by atoms with Gasteiger partial charge in [0.25, 0.3) is 0 Å². The van der Waals surface area contributed by atoms with E-state index in [9.17, 15) is 8.42 Å². The van der Waals surface area contributed by atoms with E-state index >= 15 is 0 Å². The van der Waals surface area contributed by atoms with Crippen molar-refractivity contribution in [3.05, 3.63) is 64.1 Å². The Morgan fingerprint density at radius 3 is 2.33 bits per heavy atom. The van der Waals surface area contributed by atoms with Crippen molar-refractivity contribution in [1.29, 1.82) is 0 Å². The number of hydrogen-bond donors (Lipinski definition) is 1. The van der Waals surface area contributed by atoms with Gasteiger partial charge in [0, 0.05) is 19.6 Å². The number of benzene rings is 2. The van der Waals surface area contributed by atoms with Crippen molar-refractivity contribution in [3.8, 4) is 0 Å². The second-order valence-electron chi connectivity index (χ2n) is 6.07. The molecule has 5 nitrogen and oxygen atoms in total. The standard InChI is InChI=1S/C18H20Cl2N2O3S.ClH/c19-16-7-6-15(12-17(16)20)26(23,24)21-18(14-4-2-1-3-5-14)13-22-8-10-25-11-9-22;/h1-7,12,18,21H,8-11,13H2;1H. The van der Waals surface area contributed by atoms with Gasteiger partial charge >= 0.3 is 0 Å². The lowest BCUT2D eigenvalue weighted by molar-refractivity contribution is 0.0345. The summed E-state index contributed by atoms with van der Waals surface area (Å²) in [6.07, 6.45) is 0. The van der Waals surface area contributed by atoms with Crippen LogP contribution in [0.2, 0.25) is 10.0 Å². The summed E-state index contributed by atoms with van der Waals surface area (Å²) in [5, 5.41) is 0.525. The molecule has 0 radical (unpaired) electrons. The molecule has 3 rings (SSSR count). The highest BCUT2D eigenvalue weighted by Crippen LogP contribution is 2.26. The van der Waals surface area contributed by atoms with Gasteiger partial charge in [-0.2, -0.15) is 0 Å². The fourth-order valence-electron chi connectivity index (χ4n) is 2.84. The number of nitrogens with one attached hydrogen (secondary N) is 1. The maximum atomic E-state index is 12.9. The van der Waals surface area contributed by atoms with Crippen molar-refractivity contribution in [2.24, 2.45) is 0 Å². The van der Waals surface area contributed by atoms with E-state index in [0.717, 1.165) is 18.7 Å². The van der Waals surface area contributed by atoms with Gasteiger partial charge in [0.1, 0.15) is 0 Å². The summed E-state index contributed by atoms with van der Waals surface area (Å²) in [5.74, 6) is 0. The molecule has 0 aromatic heterocycles. The molecule has 0 spiro atoms. The molecule has 9 heteroatoms. The zero-order valence-electron chi connectivity index (χ0n) is 14.5. The van der Waals surface area contributed by atoms with E-state index in [1.807, 2.05) is 30.3 Å². The van der Waals surface area contributed by atoms with Crippen molar-refractivity contribution < 1.29 is 13.2 Å². The minimum absolute atomic E-state index is 0. The van der Waals surface area contributed by atoms with Crippen LogP contribution in [0.1, 0.15) is 11.6 Å². The van der Waals surface area contributed by atoms with Crippen LogP contribution in [-0.4, -0.2) is 46.2 Å². The number of nitrogens with zero attached hydrogens (tertiary/aromatic N) is 1. The van der Waals surface area contributed by atoms with E-state index in [-0.39, 0.29) is 28.4 Å². The summed E-state index contributed by atoms with van der Waals surface area (Å²) in [7, 11) is -3.75. The van der Waals surface area contributed by atoms with Crippen LogP contribution >= 0.6 is 35.6 Å². The van der Waals surface area contributed by atoms with Crippen LogP contribution in [0.25, 0.3) is 0 Å². The molecule has 1 saturated heterocycles. The Bertz CT molecular complexity index is 844. The Morgan fingerprint density at radius 1 is 1.04 bits per heavy atom. The molecule has 1 aliphatic heterocycles. The number of sulfonamides is 1. The Morgan fingerprint density at radius 2 is 1.70 bits per heavy atom. The van der Waals surface area contributed by atoms with E-state index < -0.39 is 10.0 Å². The number of hydrogen-bond acceptors (Lipinski definition) is 4. The van der Waals surface area contributed by atoms with E-state index in [1.165, 1.54) is 18.2 Å². The minimum atomic E-state index is -3.75. The molecule has 2 aromatic rings. The zero-order valence-corrected chi connectivity index (χ0v) is 17.6. The van der Waals surface area contributed by atoms with Crippen LogP contribution in [0.3, 0.4) is 0 Å². The Hall–Kier alpha value is -0.860. The first-order valence-electron chi connectivity index (χ1n) is 8.28. The molecule has 0 saturated carbocycles. The monoisotopic (exact) mass is 450 g/mol. The lowest BCUT2D eigenvalue weighted by Gasteiger charge is -2.31. The van der Waals surface area contributed by atoms with E-state index in [0.29, 0.717) is 24.8 Å². The van der Waals surface area contributed by atoms with Crippen LogP contribution in [-0.2, 0) is 14.8 Å². The van der Waals surface area contributed by atoms with Gasteiger partial charge in [-0.15, -0.1) is 12.4 Å². The molecule has 0 amide bonds. The van der Waals surface area contributed by atoms with E-state index in [2.05, 4.69) is 9.62 Å². The summed E-state index contributed by atoms with van der Waals surface area (Å²) in [6, 6.07) is 13.5. The molecule has 1 unspecified atom stereocenters. The highest BCUT2D eigenvalue weighted by atomic mass is 35.5. The molecule has 0 aliphatic carbocycles. The molecule has 1 atom stereocenters. The predicted molar refractivity (Wildman–Crippen MR) is 110 cm³/mol. The maximum Gasteiger partial charge on any atom is 0.241 e.